The van der Waals surface area contributed by atoms with Crippen molar-refractivity contribution >= 4 is 22.6 Å². The van der Waals surface area contributed by atoms with Crippen LogP contribution in [0.4, 0.5) is 0 Å². The van der Waals surface area contributed by atoms with Crippen LogP contribution in [-0.4, -0.2) is 22.7 Å². The highest BCUT2D eigenvalue weighted by molar-refractivity contribution is 6.20. The van der Waals surface area contributed by atoms with Crippen LogP contribution in [0.3, 0.4) is 0 Å². The maximum atomic E-state index is 9.09. The lowest BCUT2D eigenvalue weighted by molar-refractivity contribution is 0.475. The van der Waals surface area contributed by atoms with Gasteiger partial charge in [0, 0.05) is 13.1 Å². The highest BCUT2D eigenvalue weighted by Gasteiger charge is 2.21. The van der Waals surface area contributed by atoms with Crippen LogP contribution in [0.2, 0.25) is 0 Å². The van der Waals surface area contributed by atoms with Gasteiger partial charge >= 0.3 is 0 Å². The number of rotatable bonds is 2. The van der Waals surface area contributed by atoms with E-state index >= 15 is 0 Å². The van der Waals surface area contributed by atoms with Gasteiger partial charge in [0.2, 0.25) is 0 Å². The van der Waals surface area contributed by atoms with Gasteiger partial charge in [0.1, 0.15) is 5.82 Å². The van der Waals surface area contributed by atoms with E-state index in [9.17, 15) is 0 Å². The van der Waals surface area contributed by atoms with Crippen molar-refractivity contribution in [1.29, 1.82) is 5.26 Å². The SMILES string of the molecule is CC(Cl)c1nc2ccc(C#N)cc2n1N1CCCCC1. The van der Waals surface area contributed by atoms with Gasteiger partial charge in [0.25, 0.3) is 0 Å². The molecular formula is C15H17ClN4. The van der Waals surface area contributed by atoms with E-state index in [1.54, 1.807) is 6.07 Å². The number of imidazole rings is 1. The van der Waals surface area contributed by atoms with Crippen molar-refractivity contribution in [1.82, 2.24) is 9.66 Å². The van der Waals surface area contributed by atoms with Crippen molar-refractivity contribution in [3.63, 3.8) is 0 Å². The van der Waals surface area contributed by atoms with Crippen molar-refractivity contribution in [3.05, 3.63) is 29.6 Å². The summed E-state index contributed by atoms with van der Waals surface area (Å²) in [5.74, 6) is 0.860. The standard InChI is InChI=1S/C15H17ClN4/c1-11(16)15-18-13-6-5-12(10-17)9-14(13)20(15)19-7-3-2-4-8-19/h5-6,9,11H,2-4,7-8H2,1H3. The number of nitrogens with zero attached hydrogens (tertiary/aromatic N) is 4. The summed E-state index contributed by atoms with van der Waals surface area (Å²) in [5, 5.41) is 11.2. The molecule has 1 aliphatic rings. The highest BCUT2D eigenvalue weighted by Crippen LogP contribution is 2.26. The smallest absolute Gasteiger partial charge is 0.146 e. The Hall–Kier alpha value is -1.73. The Morgan fingerprint density at radius 2 is 2.05 bits per heavy atom. The lowest BCUT2D eigenvalue weighted by Gasteiger charge is -2.31. The van der Waals surface area contributed by atoms with E-state index in [1.807, 2.05) is 19.1 Å². The molecule has 2 heterocycles. The summed E-state index contributed by atoms with van der Waals surface area (Å²) in [5.41, 5.74) is 2.54. The highest BCUT2D eigenvalue weighted by atomic mass is 35.5. The van der Waals surface area contributed by atoms with Crippen molar-refractivity contribution in [2.24, 2.45) is 0 Å². The Balaban J connectivity index is 2.19. The first kappa shape index (κ1) is 13.3. The number of alkyl halides is 1. The van der Waals surface area contributed by atoms with Crippen LogP contribution >= 0.6 is 11.6 Å². The number of halogens is 1. The number of benzene rings is 1. The van der Waals surface area contributed by atoms with E-state index in [4.69, 9.17) is 16.9 Å². The molecule has 2 aromatic rings. The number of hydrogen-bond donors (Lipinski definition) is 0. The van der Waals surface area contributed by atoms with Crippen molar-refractivity contribution < 1.29 is 0 Å². The van der Waals surface area contributed by atoms with E-state index in [1.165, 1.54) is 19.3 Å². The molecule has 20 heavy (non-hydrogen) atoms. The minimum atomic E-state index is -0.158. The molecule has 1 unspecified atom stereocenters. The third kappa shape index (κ3) is 2.23. The average Bonchev–Trinajstić information content (AvgIpc) is 2.86. The molecule has 1 fully saturated rings. The third-order valence-corrected chi connectivity index (χ3v) is 3.95. The number of hydrogen-bond acceptors (Lipinski definition) is 3. The van der Waals surface area contributed by atoms with Gasteiger partial charge in [-0.05, 0) is 44.4 Å². The molecule has 0 amide bonds. The monoisotopic (exact) mass is 288 g/mol. The fraction of sp³-hybridized carbons (Fsp3) is 0.467. The molecule has 0 radical (unpaired) electrons. The van der Waals surface area contributed by atoms with Gasteiger partial charge in [-0.2, -0.15) is 5.26 Å². The summed E-state index contributed by atoms with van der Waals surface area (Å²) in [6.07, 6.45) is 3.65. The molecule has 3 rings (SSSR count). The van der Waals surface area contributed by atoms with Crippen molar-refractivity contribution in [3.8, 4) is 6.07 Å². The van der Waals surface area contributed by atoms with Gasteiger partial charge in [-0.3, -0.25) is 0 Å². The lowest BCUT2D eigenvalue weighted by Crippen LogP contribution is -2.40. The Bertz CT molecular complexity index is 662. The van der Waals surface area contributed by atoms with Crippen LogP contribution in [0, 0.1) is 11.3 Å². The number of fused-ring (bicyclic) bond motifs is 1. The second-order valence-corrected chi connectivity index (χ2v) is 5.88. The fourth-order valence-corrected chi connectivity index (χ4v) is 2.92. The summed E-state index contributed by atoms with van der Waals surface area (Å²) in [4.78, 5) is 4.64. The molecule has 0 spiro atoms. The number of aromatic nitrogens is 2. The zero-order chi connectivity index (χ0) is 14.1. The van der Waals surface area contributed by atoms with Gasteiger partial charge in [-0.25, -0.2) is 9.66 Å². The lowest BCUT2D eigenvalue weighted by atomic mass is 10.1. The van der Waals surface area contributed by atoms with E-state index in [-0.39, 0.29) is 5.38 Å². The van der Waals surface area contributed by atoms with Crippen LogP contribution in [-0.2, 0) is 0 Å². The molecule has 1 aromatic carbocycles. The zero-order valence-electron chi connectivity index (χ0n) is 11.5. The van der Waals surface area contributed by atoms with Crippen LogP contribution < -0.4 is 5.01 Å². The first-order chi connectivity index (χ1) is 9.70. The maximum absolute atomic E-state index is 9.09. The number of nitriles is 1. The zero-order valence-corrected chi connectivity index (χ0v) is 12.3. The van der Waals surface area contributed by atoms with Crippen molar-refractivity contribution in [2.45, 2.75) is 31.6 Å². The minimum absolute atomic E-state index is 0.158. The van der Waals surface area contributed by atoms with Crippen LogP contribution in [0.5, 0.6) is 0 Å². The summed E-state index contributed by atoms with van der Waals surface area (Å²) in [7, 11) is 0. The van der Waals surface area contributed by atoms with Gasteiger partial charge in [-0.1, -0.05) is 0 Å². The van der Waals surface area contributed by atoms with Crippen LogP contribution in [0.1, 0.15) is 43.0 Å². The fourth-order valence-electron chi connectivity index (χ4n) is 2.78. The maximum Gasteiger partial charge on any atom is 0.146 e. The second-order valence-electron chi connectivity index (χ2n) is 5.23. The average molecular weight is 289 g/mol. The molecule has 0 saturated carbocycles. The summed E-state index contributed by atoms with van der Waals surface area (Å²) >= 11 is 6.30. The quantitative estimate of drug-likeness (QED) is 0.796. The van der Waals surface area contributed by atoms with E-state index in [0.717, 1.165) is 29.9 Å². The number of piperidine rings is 1. The molecule has 104 valence electrons. The second kappa shape index (κ2) is 5.34. The Labute approximate surface area is 123 Å². The van der Waals surface area contributed by atoms with Gasteiger partial charge < -0.3 is 5.01 Å². The molecule has 1 aliphatic heterocycles. The molecule has 4 nitrogen and oxygen atoms in total. The largest absolute Gasteiger partial charge is 0.311 e. The molecule has 1 aromatic heterocycles. The Kier molecular flexibility index (Phi) is 3.54. The minimum Gasteiger partial charge on any atom is -0.311 e. The molecule has 0 aliphatic carbocycles. The van der Waals surface area contributed by atoms with E-state index < -0.39 is 0 Å². The predicted molar refractivity (Wildman–Crippen MR) is 80.5 cm³/mol. The normalized spacial score (nSPS) is 17.1. The molecule has 1 atom stereocenters. The van der Waals surface area contributed by atoms with Crippen LogP contribution in [0.15, 0.2) is 18.2 Å². The summed E-state index contributed by atoms with van der Waals surface area (Å²) < 4.78 is 2.12. The van der Waals surface area contributed by atoms with E-state index in [2.05, 4.69) is 20.7 Å². The first-order valence-electron chi connectivity index (χ1n) is 7.02. The topological polar surface area (TPSA) is 44.9 Å². The van der Waals surface area contributed by atoms with E-state index in [0.29, 0.717) is 5.56 Å². The molecule has 5 heteroatoms. The molecule has 1 saturated heterocycles. The first-order valence-corrected chi connectivity index (χ1v) is 7.46. The van der Waals surface area contributed by atoms with Crippen molar-refractivity contribution in [2.75, 3.05) is 18.1 Å². The third-order valence-electron chi connectivity index (χ3n) is 3.76. The predicted octanol–water partition coefficient (Wildman–Crippen LogP) is 3.33. The molecular weight excluding hydrogens is 272 g/mol. The Morgan fingerprint density at radius 3 is 2.70 bits per heavy atom. The Morgan fingerprint density at radius 1 is 1.30 bits per heavy atom. The van der Waals surface area contributed by atoms with Crippen LogP contribution in [0.25, 0.3) is 11.0 Å². The van der Waals surface area contributed by atoms with Gasteiger partial charge in [0.05, 0.1) is 28.0 Å². The molecule has 0 N–H and O–H groups in total. The summed E-state index contributed by atoms with van der Waals surface area (Å²) in [6, 6.07) is 7.80. The van der Waals surface area contributed by atoms with Gasteiger partial charge in [0.15, 0.2) is 0 Å². The molecule has 0 bridgehead atoms. The summed E-state index contributed by atoms with van der Waals surface area (Å²) in [6.45, 7) is 3.96. The van der Waals surface area contributed by atoms with Gasteiger partial charge in [-0.15, -0.1) is 11.6 Å².